The predicted octanol–water partition coefficient (Wildman–Crippen LogP) is 1.71. The third-order valence-corrected chi connectivity index (χ3v) is 2.63. The minimum atomic E-state index is 0.582. The quantitative estimate of drug-likeness (QED) is 0.747. The Morgan fingerprint density at radius 3 is 2.94 bits per heavy atom. The van der Waals surface area contributed by atoms with Crippen molar-refractivity contribution in [3.05, 3.63) is 41.8 Å². The molecule has 0 aliphatic heterocycles. The molecule has 0 radical (unpaired) electrons. The molecule has 84 valence electrons. The van der Waals surface area contributed by atoms with Crippen molar-refractivity contribution in [2.45, 2.75) is 0 Å². The molecule has 0 unspecified atom stereocenters. The molecule has 7 heteroatoms. The summed E-state index contributed by atoms with van der Waals surface area (Å²) in [5.74, 6) is 0. The lowest BCUT2D eigenvalue weighted by molar-refractivity contribution is 0.789. The molecule has 0 amide bonds. The zero-order chi connectivity index (χ0) is 11.7. The molecule has 0 fully saturated rings. The minimum Gasteiger partial charge on any atom is -0.276 e. The number of rotatable bonds is 2. The van der Waals surface area contributed by atoms with Crippen LogP contribution >= 0.6 is 11.6 Å². The molecule has 3 rings (SSSR count). The molecule has 3 aromatic rings. The van der Waals surface area contributed by atoms with Gasteiger partial charge in [0.2, 0.25) is 0 Å². The van der Waals surface area contributed by atoms with Gasteiger partial charge in [0.1, 0.15) is 6.33 Å². The summed E-state index contributed by atoms with van der Waals surface area (Å²) < 4.78 is 1.58. The van der Waals surface area contributed by atoms with Gasteiger partial charge in [-0.05, 0) is 22.6 Å². The van der Waals surface area contributed by atoms with Crippen LogP contribution in [0.15, 0.2) is 36.8 Å². The molecule has 0 spiro atoms. The van der Waals surface area contributed by atoms with Gasteiger partial charge >= 0.3 is 0 Å². The smallest absolute Gasteiger partial charge is 0.143 e. The van der Waals surface area contributed by atoms with E-state index in [1.807, 2.05) is 24.3 Å². The van der Waals surface area contributed by atoms with Gasteiger partial charge in [-0.2, -0.15) is 5.10 Å². The van der Waals surface area contributed by atoms with Crippen LogP contribution in [0.5, 0.6) is 0 Å². The summed E-state index contributed by atoms with van der Waals surface area (Å²) in [4.78, 5) is 0. The Hall–Kier alpha value is -2.21. The molecule has 0 saturated heterocycles. The van der Waals surface area contributed by atoms with Gasteiger partial charge in [-0.25, -0.2) is 4.68 Å². The van der Waals surface area contributed by atoms with Gasteiger partial charge in [0.05, 0.1) is 22.6 Å². The molecule has 0 bridgehead atoms. The highest BCUT2D eigenvalue weighted by molar-refractivity contribution is 6.32. The first-order valence-electron chi connectivity index (χ1n) is 4.87. The fraction of sp³-hybridized carbons (Fsp3) is 0. The molecule has 0 saturated carbocycles. The Morgan fingerprint density at radius 1 is 1.29 bits per heavy atom. The van der Waals surface area contributed by atoms with Crippen molar-refractivity contribution >= 4 is 11.6 Å². The number of tetrazole rings is 1. The van der Waals surface area contributed by atoms with E-state index in [1.54, 1.807) is 10.9 Å². The van der Waals surface area contributed by atoms with E-state index in [2.05, 4.69) is 25.7 Å². The third kappa shape index (κ3) is 1.78. The molecule has 1 N–H and O–H groups in total. The second-order valence-electron chi connectivity index (χ2n) is 3.40. The predicted molar refractivity (Wildman–Crippen MR) is 61.7 cm³/mol. The van der Waals surface area contributed by atoms with Crippen LogP contribution in [-0.2, 0) is 0 Å². The normalized spacial score (nSPS) is 10.6. The van der Waals surface area contributed by atoms with Crippen LogP contribution in [-0.4, -0.2) is 30.4 Å². The van der Waals surface area contributed by atoms with Gasteiger partial charge in [0.25, 0.3) is 0 Å². The lowest BCUT2D eigenvalue weighted by atomic mass is 10.1. The number of H-pyrrole nitrogens is 1. The van der Waals surface area contributed by atoms with Crippen molar-refractivity contribution in [1.29, 1.82) is 0 Å². The number of hydrogen-bond donors (Lipinski definition) is 1. The lowest BCUT2D eigenvalue weighted by Crippen LogP contribution is -1.95. The molecule has 2 heterocycles. The molecule has 6 nitrogen and oxygen atoms in total. The second-order valence-corrected chi connectivity index (χ2v) is 3.80. The maximum Gasteiger partial charge on any atom is 0.143 e. The summed E-state index contributed by atoms with van der Waals surface area (Å²) in [7, 11) is 0. The summed E-state index contributed by atoms with van der Waals surface area (Å²) in [6.07, 6.45) is 3.11. The molecule has 0 atom stereocenters. The van der Waals surface area contributed by atoms with E-state index in [1.165, 1.54) is 6.33 Å². The zero-order valence-electron chi connectivity index (χ0n) is 8.58. The monoisotopic (exact) mass is 246 g/mol. The summed E-state index contributed by atoms with van der Waals surface area (Å²) in [5, 5.41) is 18.3. The third-order valence-electron chi connectivity index (χ3n) is 2.34. The molecule has 0 aliphatic carbocycles. The van der Waals surface area contributed by atoms with Crippen molar-refractivity contribution in [1.82, 2.24) is 30.4 Å². The van der Waals surface area contributed by atoms with Crippen molar-refractivity contribution in [2.24, 2.45) is 0 Å². The van der Waals surface area contributed by atoms with Gasteiger partial charge in [0.15, 0.2) is 0 Å². The summed E-state index contributed by atoms with van der Waals surface area (Å²) in [6.45, 7) is 0. The highest BCUT2D eigenvalue weighted by Crippen LogP contribution is 2.26. The maximum absolute atomic E-state index is 6.01. The molecule has 0 aliphatic rings. The SMILES string of the molecule is Clc1cn[nH]c1-c1cccc(-n2cnnn2)c1. The topological polar surface area (TPSA) is 72.3 Å². The number of nitrogens with zero attached hydrogens (tertiary/aromatic N) is 5. The molecule has 1 aromatic carbocycles. The first-order valence-corrected chi connectivity index (χ1v) is 5.25. The lowest BCUT2D eigenvalue weighted by Gasteiger charge is -2.02. The van der Waals surface area contributed by atoms with E-state index in [0.29, 0.717) is 5.02 Å². The second kappa shape index (κ2) is 3.99. The van der Waals surface area contributed by atoms with Crippen LogP contribution in [0.4, 0.5) is 0 Å². The van der Waals surface area contributed by atoms with Crippen molar-refractivity contribution < 1.29 is 0 Å². The zero-order valence-corrected chi connectivity index (χ0v) is 9.33. The van der Waals surface area contributed by atoms with Crippen LogP contribution in [0.1, 0.15) is 0 Å². The average molecular weight is 247 g/mol. The van der Waals surface area contributed by atoms with Crippen LogP contribution in [0.2, 0.25) is 5.02 Å². The molecule has 17 heavy (non-hydrogen) atoms. The first-order chi connectivity index (χ1) is 8.34. The molecule has 2 aromatic heterocycles. The standard InChI is InChI=1S/C10H7ClN6/c11-9-5-12-14-10(9)7-2-1-3-8(4-7)17-6-13-15-16-17/h1-6H,(H,12,14). The van der Waals surface area contributed by atoms with Gasteiger partial charge in [-0.1, -0.05) is 23.7 Å². The van der Waals surface area contributed by atoms with Gasteiger partial charge in [-0.3, -0.25) is 5.10 Å². The average Bonchev–Trinajstić information content (AvgIpc) is 2.99. The Kier molecular flexibility index (Phi) is 2.34. The van der Waals surface area contributed by atoms with Crippen LogP contribution < -0.4 is 0 Å². The molecular formula is C10H7ClN6. The van der Waals surface area contributed by atoms with E-state index in [-0.39, 0.29) is 0 Å². The fourth-order valence-electron chi connectivity index (χ4n) is 1.56. The van der Waals surface area contributed by atoms with Gasteiger partial charge in [-0.15, -0.1) is 5.10 Å². The summed E-state index contributed by atoms with van der Waals surface area (Å²) in [6, 6.07) is 7.68. The molecular weight excluding hydrogens is 240 g/mol. The largest absolute Gasteiger partial charge is 0.276 e. The van der Waals surface area contributed by atoms with Crippen LogP contribution in [0.25, 0.3) is 16.9 Å². The minimum absolute atomic E-state index is 0.582. The number of benzene rings is 1. The Balaban J connectivity index is 2.09. The van der Waals surface area contributed by atoms with Crippen molar-refractivity contribution in [3.63, 3.8) is 0 Å². The van der Waals surface area contributed by atoms with E-state index in [0.717, 1.165) is 16.9 Å². The van der Waals surface area contributed by atoms with Gasteiger partial charge < -0.3 is 0 Å². The summed E-state index contributed by atoms with van der Waals surface area (Å²) in [5.41, 5.74) is 2.57. The number of aromatic nitrogens is 6. The van der Waals surface area contributed by atoms with Crippen molar-refractivity contribution in [2.75, 3.05) is 0 Å². The Morgan fingerprint density at radius 2 is 2.24 bits per heavy atom. The number of hydrogen-bond acceptors (Lipinski definition) is 4. The highest BCUT2D eigenvalue weighted by Gasteiger charge is 2.07. The van der Waals surface area contributed by atoms with E-state index in [9.17, 15) is 0 Å². The van der Waals surface area contributed by atoms with E-state index in [4.69, 9.17) is 11.6 Å². The number of aromatic amines is 1. The number of halogens is 1. The Labute approximate surface area is 101 Å². The van der Waals surface area contributed by atoms with Crippen molar-refractivity contribution in [3.8, 4) is 16.9 Å². The fourth-order valence-corrected chi connectivity index (χ4v) is 1.76. The van der Waals surface area contributed by atoms with Crippen LogP contribution in [0, 0.1) is 0 Å². The highest BCUT2D eigenvalue weighted by atomic mass is 35.5. The first kappa shape index (κ1) is 9.98. The van der Waals surface area contributed by atoms with E-state index < -0.39 is 0 Å². The summed E-state index contributed by atoms with van der Waals surface area (Å²) >= 11 is 6.01. The van der Waals surface area contributed by atoms with E-state index >= 15 is 0 Å². The van der Waals surface area contributed by atoms with Crippen LogP contribution in [0.3, 0.4) is 0 Å². The Bertz CT molecular complexity index is 630. The maximum atomic E-state index is 6.01. The van der Waals surface area contributed by atoms with Gasteiger partial charge in [0, 0.05) is 5.56 Å². The number of nitrogens with one attached hydrogen (secondary N) is 1.